The van der Waals surface area contributed by atoms with E-state index in [0.717, 1.165) is 38.5 Å². The van der Waals surface area contributed by atoms with Crippen LogP contribution in [-0.2, 0) is 6.42 Å². The Morgan fingerprint density at radius 2 is 1.93 bits per heavy atom. The summed E-state index contributed by atoms with van der Waals surface area (Å²) in [6.07, 6.45) is 3.68. The molecule has 30 heavy (non-hydrogen) atoms. The van der Waals surface area contributed by atoms with Gasteiger partial charge in [0.05, 0.1) is 6.26 Å². The predicted molar refractivity (Wildman–Crippen MR) is 113 cm³/mol. The van der Waals surface area contributed by atoms with E-state index >= 15 is 0 Å². The van der Waals surface area contributed by atoms with Gasteiger partial charge in [0.1, 0.15) is 11.6 Å². The summed E-state index contributed by atoms with van der Waals surface area (Å²) >= 11 is 0. The van der Waals surface area contributed by atoms with Crippen molar-refractivity contribution in [3.8, 4) is 0 Å². The molecule has 2 heterocycles. The molecule has 0 bridgehead atoms. The molecule has 0 saturated carbocycles. The van der Waals surface area contributed by atoms with Crippen LogP contribution in [0.4, 0.5) is 8.78 Å². The number of benzene rings is 1. The van der Waals surface area contributed by atoms with Crippen molar-refractivity contribution in [1.29, 1.82) is 0 Å². The van der Waals surface area contributed by atoms with Crippen LogP contribution in [0, 0.1) is 23.0 Å². The number of amides is 1. The second-order valence-electron chi connectivity index (χ2n) is 9.57. The van der Waals surface area contributed by atoms with Crippen molar-refractivity contribution in [2.24, 2.45) is 11.3 Å². The van der Waals surface area contributed by atoms with Gasteiger partial charge in [-0.1, -0.05) is 26.8 Å². The number of hydrogen-bond acceptors (Lipinski definition) is 3. The van der Waals surface area contributed by atoms with E-state index in [4.69, 9.17) is 4.42 Å². The molecule has 1 aromatic carbocycles. The van der Waals surface area contributed by atoms with E-state index in [9.17, 15) is 13.6 Å². The van der Waals surface area contributed by atoms with Crippen LogP contribution in [0.3, 0.4) is 0 Å². The Kier molecular flexibility index (Phi) is 6.96. The number of likely N-dealkylation sites (N-methyl/N-ethyl adjacent to an activating group) is 1. The summed E-state index contributed by atoms with van der Waals surface area (Å²) in [5, 5.41) is 0. The number of halogens is 2. The third-order valence-corrected chi connectivity index (χ3v) is 5.87. The van der Waals surface area contributed by atoms with E-state index in [2.05, 4.69) is 25.7 Å². The lowest BCUT2D eigenvalue weighted by molar-refractivity contribution is 0.0532. The predicted octanol–water partition coefficient (Wildman–Crippen LogP) is 5.00. The van der Waals surface area contributed by atoms with E-state index < -0.39 is 11.6 Å². The summed E-state index contributed by atoms with van der Waals surface area (Å²) in [5.74, 6) is -0.876. The van der Waals surface area contributed by atoms with Gasteiger partial charge >= 0.3 is 0 Å². The van der Waals surface area contributed by atoms with E-state index in [1.54, 1.807) is 24.1 Å². The highest BCUT2D eigenvalue weighted by atomic mass is 19.1. The lowest BCUT2D eigenvalue weighted by atomic mass is 9.84. The van der Waals surface area contributed by atoms with Crippen molar-refractivity contribution < 1.29 is 18.0 Å². The van der Waals surface area contributed by atoms with Gasteiger partial charge < -0.3 is 14.2 Å². The number of piperidine rings is 1. The zero-order chi connectivity index (χ0) is 21.9. The van der Waals surface area contributed by atoms with Crippen molar-refractivity contribution in [1.82, 2.24) is 9.80 Å². The number of carbonyl (C=O) groups excluding carboxylic acids is 1. The minimum atomic E-state index is -0.594. The second-order valence-corrected chi connectivity index (χ2v) is 9.57. The van der Waals surface area contributed by atoms with Gasteiger partial charge in [0, 0.05) is 25.7 Å². The fourth-order valence-corrected chi connectivity index (χ4v) is 4.42. The van der Waals surface area contributed by atoms with E-state index in [1.807, 2.05) is 0 Å². The summed E-state index contributed by atoms with van der Waals surface area (Å²) in [6.45, 7) is 9.62. The molecule has 1 aliphatic heterocycles. The first-order valence-electron chi connectivity index (χ1n) is 10.6. The maximum absolute atomic E-state index is 14.4. The average molecular weight is 419 g/mol. The molecule has 0 N–H and O–H groups in total. The molecular weight excluding hydrogens is 386 g/mol. The Morgan fingerprint density at radius 3 is 2.50 bits per heavy atom. The Hall–Kier alpha value is -2.21. The van der Waals surface area contributed by atoms with Crippen molar-refractivity contribution in [2.75, 3.05) is 26.7 Å². The van der Waals surface area contributed by atoms with Crippen LogP contribution < -0.4 is 0 Å². The maximum atomic E-state index is 14.4. The first-order chi connectivity index (χ1) is 14.1. The van der Waals surface area contributed by atoms with Crippen LogP contribution in [0.5, 0.6) is 0 Å². The minimum Gasteiger partial charge on any atom is -0.459 e. The smallest absolute Gasteiger partial charge is 0.289 e. The topological polar surface area (TPSA) is 36.7 Å². The summed E-state index contributed by atoms with van der Waals surface area (Å²) in [6, 6.07) is 6.79. The molecule has 164 valence electrons. The highest BCUT2D eigenvalue weighted by molar-refractivity contribution is 5.91. The average Bonchev–Trinajstić information content (AvgIpc) is 3.21. The highest BCUT2D eigenvalue weighted by Crippen LogP contribution is 2.29. The van der Waals surface area contributed by atoms with Crippen LogP contribution >= 0.6 is 0 Å². The molecule has 0 aliphatic carbocycles. The molecule has 1 aromatic heterocycles. The standard InChI is InChI=1S/C24H32F2N2O2/c1-24(2,3)16-28-11-9-17(10-12-28)21(14-18-7-8-19(25)15-20(18)26)27(4)23(29)22-6-5-13-30-22/h5-8,13,15,17,21H,9-12,14,16H2,1-4H3/t21-/m1/s1. The molecule has 0 radical (unpaired) electrons. The summed E-state index contributed by atoms with van der Waals surface area (Å²) in [4.78, 5) is 17.1. The summed E-state index contributed by atoms with van der Waals surface area (Å²) in [5.41, 5.74) is 0.660. The van der Waals surface area contributed by atoms with E-state index in [0.29, 0.717) is 12.0 Å². The van der Waals surface area contributed by atoms with Gasteiger partial charge in [-0.15, -0.1) is 0 Å². The molecule has 1 atom stereocenters. The summed E-state index contributed by atoms with van der Waals surface area (Å²) in [7, 11) is 1.75. The lowest BCUT2D eigenvalue weighted by Crippen LogP contribution is -2.48. The minimum absolute atomic E-state index is 0.195. The molecule has 1 aliphatic rings. The number of likely N-dealkylation sites (tertiary alicyclic amines) is 1. The fourth-order valence-electron chi connectivity index (χ4n) is 4.42. The highest BCUT2D eigenvalue weighted by Gasteiger charge is 2.34. The monoisotopic (exact) mass is 418 g/mol. The normalized spacial score (nSPS) is 17.1. The van der Waals surface area contributed by atoms with Crippen molar-refractivity contribution in [3.63, 3.8) is 0 Å². The number of nitrogens with zero attached hydrogens (tertiary/aromatic N) is 2. The Labute approximate surface area is 177 Å². The Morgan fingerprint density at radius 1 is 1.23 bits per heavy atom. The molecule has 1 fully saturated rings. The van der Waals surface area contributed by atoms with Crippen molar-refractivity contribution in [3.05, 3.63) is 59.6 Å². The van der Waals surface area contributed by atoms with Gasteiger partial charge in [0.25, 0.3) is 5.91 Å². The van der Waals surface area contributed by atoms with Crippen LogP contribution in [0.1, 0.15) is 49.7 Å². The molecule has 1 saturated heterocycles. The molecule has 2 aromatic rings. The van der Waals surface area contributed by atoms with Crippen LogP contribution in [0.25, 0.3) is 0 Å². The van der Waals surface area contributed by atoms with Gasteiger partial charge in [-0.25, -0.2) is 8.78 Å². The SMILES string of the molecule is CN(C(=O)c1ccco1)[C@H](Cc1ccc(F)cc1F)C1CCN(CC(C)(C)C)CC1. The van der Waals surface area contributed by atoms with Crippen LogP contribution in [-0.4, -0.2) is 48.4 Å². The van der Waals surface area contributed by atoms with Gasteiger partial charge in [-0.3, -0.25) is 4.79 Å². The zero-order valence-electron chi connectivity index (χ0n) is 18.3. The van der Waals surface area contributed by atoms with Crippen LogP contribution in [0.15, 0.2) is 41.0 Å². The third kappa shape index (κ3) is 5.69. The molecular formula is C24H32F2N2O2. The Bertz CT molecular complexity index is 837. The van der Waals surface area contributed by atoms with Gasteiger partial charge in [0.2, 0.25) is 0 Å². The molecule has 4 nitrogen and oxygen atoms in total. The Balaban J connectivity index is 1.78. The third-order valence-electron chi connectivity index (χ3n) is 5.87. The largest absolute Gasteiger partial charge is 0.459 e. The number of furan rings is 1. The van der Waals surface area contributed by atoms with Gasteiger partial charge in [0.15, 0.2) is 5.76 Å². The summed E-state index contributed by atoms with van der Waals surface area (Å²) < 4.78 is 33.1. The first kappa shape index (κ1) is 22.5. The quantitative estimate of drug-likeness (QED) is 0.663. The van der Waals surface area contributed by atoms with Gasteiger partial charge in [-0.2, -0.15) is 0 Å². The van der Waals surface area contributed by atoms with Crippen LogP contribution in [0.2, 0.25) is 0 Å². The zero-order valence-corrected chi connectivity index (χ0v) is 18.3. The van der Waals surface area contributed by atoms with E-state index in [1.165, 1.54) is 18.4 Å². The van der Waals surface area contributed by atoms with Crippen molar-refractivity contribution >= 4 is 5.91 Å². The molecule has 1 amide bonds. The van der Waals surface area contributed by atoms with E-state index in [-0.39, 0.29) is 29.0 Å². The molecule has 6 heteroatoms. The lowest BCUT2D eigenvalue weighted by Gasteiger charge is -2.41. The second kappa shape index (κ2) is 9.29. The fraction of sp³-hybridized carbons (Fsp3) is 0.542. The molecule has 0 unspecified atom stereocenters. The molecule has 3 rings (SSSR count). The number of rotatable bonds is 6. The number of hydrogen-bond donors (Lipinski definition) is 0. The number of carbonyl (C=O) groups is 1. The maximum Gasteiger partial charge on any atom is 0.289 e. The first-order valence-corrected chi connectivity index (χ1v) is 10.6. The van der Waals surface area contributed by atoms with Crippen molar-refractivity contribution in [2.45, 2.75) is 46.1 Å². The molecule has 0 spiro atoms. The van der Waals surface area contributed by atoms with Gasteiger partial charge in [-0.05, 0) is 67.4 Å².